The first-order valence-electron chi connectivity index (χ1n) is 8.89. The zero-order valence-electron chi connectivity index (χ0n) is 16.6. The molecule has 3 aromatic rings. The number of ether oxygens (including phenoxy) is 2. The van der Waals surface area contributed by atoms with Gasteiger partial charge in [0.15, 0.2) is 0 Å². The van der Waals surface area contributed by atoms with Crippen molar-refractivity contribution in [3.63, 3.8) is 0 Å². The number of aromatic nitrogens is 3. The Morgan fingerprint density at radius 2 is 2.03 bits per heavy atom. The van der Waals surface area contributed by atoms with E-state index in [0.717, 1.165) is 22.9 Å². The van der Waals surface area contributed by atoms with Crippen LogP contribution >= 0.6 is 11.6 Å². The van der Waals surface area contributed by atoms with Gasteiger partial charge in [-0.25, -0.2) is 17.8 Å². The van der Waals surface area contributed by atoms with Crippen molar-refractivity contribution in [3.05, 3.63) is 52.0 Å². The number of fused-ring (bicyclic) bond motifs is 1. The molecule has 0 amide bonds. The van der Waals surface area contributed by atoms with Crippen LogP contribution in [0.2, 0.25) is 5.02 Å². The minimum absolute atomic E-state index is 0.0410. The lowest BCUT2D eigenvalue weighted by Crippen LogP contribution is -2.21. The van der Waals surface area contributed by atoms with Crippen LogP contribution in [0.15, 0.2) is 30.3 Å². The molecular weight excluding hydrogens is 432 g/mol. The van der Waals surface area contributed by atoms with Gasteiger partial charge in [-0.05, 0) is 34.9 Å². The van der Waals surface area contributed by atoms with E-state index >= 15 is 0 Å². The summed E-state index contributed by atoms with van der Waals surface area (Å²) in [4.78, 5) is 10.9. The number of hydrogen-bond donors (Lipinski definition) is 1. The van der Waals surface area contributed by atoms with Crippen LogP contribution in [-0.2, 0) is 33.1 Å². The number of carbonyl (C=O) groups is 1. The van der Waals surface area contributed by atoms with Crippen molar-refractivity contribution in [2.45, 2.75) is 12.5 Å². The fourth-order valence-corrected chi connectivity index (χ4v) is 3.81. The molecule has 0 saturated heterocycles. The molecule has 160 valence electrons. The Balaban J connectivity index is 2.07. The maximum absolute atomic E-state index is 11.5. The highest BCUT2D eigenvalue weighted by Gasteiger charge is 2.21. The molecule has 0 aliphatic heterocycles. The molecule has 11 heteroatoms. The Kier molecular flexibility index (Phi) is 6.59. The summed E-state index contributed by atoms with van der Waals surface area (Å²) in [6.07, 6.45) is 1.08. The van der Waals surface area contributed by atoms with E-state index in [1.165, 1.54) is 0 Å². The van der Waals surface area contributed by atoms with Crippen molar-refractivity contribution in [3.8, 4) is 5.75 Å². The Morgan fingerprint density at radius 3 is 2.70 bits per heavy atom. The molecule has 1 atom stereocenters. The number of methoxy groups -OCH3 is 1. The van der Waals surface area contributed by atoms with Crippen molar-refractivity contribution in [1.29, 1.82) is 0 Å². The van der Waals surface area contributed by atoms with Gasteiger partial charge in [-0.2, -0.15) is 0 Å². The van der Waals surface area contributed by atoms with Crippen LogP contribution in [0.25, 0.3) is 11.0 Å². The maximum atomic E-state index is 11.5. The predicted molar refractivity (Wildman–Crippen MR) is 112 cm³/mol. The summed E-state index contributed by atoms with van der Waals surface area (Å²) >= 11 is 6.25. The van der Waals surface area contributed by atoms with Gasteiger partial charge in [-0.15, -0.1) is 5.10 Å². The molecule has 1 heterocycles. The van der Waals surface area contributed by atoms with Gasteiger partial charge >= 0.3 is 0 Å². The van der Waals surface area contributed by atoms with Crippen LogP contribution in [0.1, 0.15) is 22.6 Å². The van der Waals surface area contributed by atoms with E-state index in [9.17, 15) is 13.2 Å². The molecule has 2 aromatic carbocycles. The van der Waals surface area contributed by atoms with Crippen molar-refractivity contribution in [2.75, 3.05) is 20.0 Å². The summed E-state index contributed by atoms with van der Waals surface area (Å²) in [7, 11) is -0.0593. The zero-order chi connectivity index (χ0) is 21.9. The molecule has 30 heavy (non-hydrogen) atoms. The number of sulfonamides is 1. The molecular formula is C19H21ClN4O5S. The highest BCUT2D eigenvalue weighted by Crippen LogP contribution is 2.34. The molecule has 1 unspecified atom stereocenters. The zero-order valence-corrected chi connectivity index (χ0v) is 18.2. The molecule has 0 bridgehead atoms. The van der Waals surface area contributed by atoms with Gasteiger partial charge in [0.1, 0.15) is 23.4 Å². The van der Waals surface area contributed by atoms with Crippen LogP contribution in [-0.4, -0.2) is 49.9 Å². The lowest BCUT2D eigenvalue weighted by molar-refractivity contribution is -0.128. The molecule has 0 saturated carbocycles. The monoisotopic (exact) mass is 452 g/mol. The summed E-state index contributed by atoms with van der Waals surface area (Å²) in [6, 6.07) is 8.97. The van der Waals surface area contributed by atoms with Gasteiger partial charge in [0.05, 0.1) is 13.4 Å². The standard InChI is InChI=1S/C19H21ClN4O5S/c1-24-19-17(22-23-24)7-13(8-18(19)28-2)15(10-29-11-25)12-4-5-16(20)14(6-12)9-21-30(3,26)27/h4-8,11,15,21H,9-10H2,1-3H3. The number of hydrogen-bond acceptors (Lipinski definition) is 7. The van der Waals surface area contributed by atoms with Crippen LogP contribution in [0, 0.1) is 0 Å². The SMILES string of the molecule is COc1cc(C(COC=O)c2ccc(Cl)c(CNS(C)(=O)=O)c2)cc2nnn(C)c12. The normalized spacial score (nSPS) is 12.7. The average molecular weight is 453 g/mol. The van der Waals surface area contributed by atoms with Crippen molar-refractivity contribution >= 4 is 39.1 Å². The summed E-state index contributed by atoms with van der Waals surface area (Å²) in [5, 5.41) is 8.61. The number of halogens is 1. The van der Waals surface area contributed by atoms with E-state index in [-0.39, 0.29) is 19.1 Å². The Labute approximate surface area is 179 Å². The van der Waals surface area contributed by atoms with Gasteiger partial charge in [0, 0.05) is 24.5 Å². The molecule has 0 fully saturated rings. The quantitative estimate of drug-likeness (QED) is 0.494. The highest BCUT2D eigenvalue weighted by atomic mass is 35.5. The first-order valence-corrected chi connectivity index (χ1v) is 11.2. The second-order valence-corrected chi connectivity index (χ2v) is 8.97. The molecule has 0 spiro atoms. The summed E-state index contributed by atoms with van der Waals surface area (Å²) < 4.78 is 37.5. The number of carbonyl (C=O) groups excluding carboxylic acids is 1. The summed E-state index contributed by atoms with van der Waals surface area (Å²) in [5.41, 5.74) is 3.56. The lowest BCUT2D eigenvalue weighted by atomic mass is 9.90. The van der Waals surface area contributed by atoms with Crippen LogP contribution in [0.5, 0.6) is 5.75 Å². The average Bonchev–Trinajstić information content (AvgIpc) is 3.08. The Hall–Kier alpha value is -2.69. The van der Waals surface area contributed by atoms with E-state index < -0.39 is 10.0 Å². The molecule has 1 N–H and O–H groups in total. The second kappa shape index (κ2) is 8.99. The summed E-state index contributed by atoms with van der Waals surface area (Å²) in [6.45, 7) is 0.491. The van der Waals surface area contributed by atoms with Gasteiger partial charge in [0.25, 0.3) is 6.47 Å². The van der Waals surface area contributed by atoms with Crippen molar-refractivity contribution < 1.29 is 22.7 Å². The maximum Gasteiger partial charge on any atom is 0.293 e. The van der Waals surface area contributed by atoms with Crippen LogP contribution in [0.3, 0.4) is 0 Å². The molecule has 0 aliphatic rings. The third kappa shape index (κ3) is 4.89. The van der Waals surface area contributed by atoms with E-state index in [1.807, 2.05) is 12.1 Å². The third-order valence-electron chi connectivity index (χ3n) is 4.64. The number of rotatable bonds is 9. The number of benzene rings is 2. The van der Waals surface area contributed by atoms with E-state index in [1.54, 1.807) is 37.0 Å². The minimum Gasteiger partial charge on any atom is -0.494 e. The third-order valence-corrected chi connectivity index (χ3v) is 5.67. The largest absolute Gasteiger partial charge is 0.494 e. The summed E-state index contributed by atoms with van der Waals surface area (Å²) in [5.74, 6) is 0.226. The first kappa shape index (κ1) is 22.0. The van der Waals surface area contributed by atoms with Crippen molar-refractivity contribution in [2.24, 2.45) is 7.05 Å². The smallest absolute Gasteiger partial charge is 0.293 e. The molecule has 0 aliphatic carbocycles. The van der Waals surface area contributed by atoms with Gasteiger partial charge in [-0.3, -0.25) is 4.79 Å². The van der Waals surface area contributed by atoms with E-state index in [4.69, 9.17) is 21.1 Å². The lowest BCUT2D eigenvalue weighted by Gasteiger charge is -2.19. The minimum atomic E-state index is -3.38. The first-order chi connectivity index (χ1) is 14.2. The number of aryl methyl sites for hydroxylation is 1. The number of nitrogens with one attached hydrogen (secondary N) is 1. The van der Waals surface area contributed by atoms with Gasteiger partial charge in [0.2, 0.25) is 10.0 Å². The van der Waals surface area contributed by atoms with E-state index in [2.05, 4.69) is 15.0 Å². The highest BCUT2D eigenvalue weighted by molar-refractivity contribution is 7.88. The second-order valence-electron chi connectivity index (χ2n) is 6.73. The molecule has 1 aromatic heterocycles. The van der Waals surface area contributed by atoms with Crippen LogP contribution in [0.4, 0.5) is 0 Å². The molecule has 0 radical (unpaired) electrons. The molecule has 9 nitrogen and oxygen atoms in total. The number of nitrogens with zero attached hydrogens (tertiary/aromatic N) is 3. The van der Waals surface area contributed by atoms with Crippen LogP contribution < -0.4 is 9.46 Å². The van der Waals surface area contributed by atoms with Gasteiger partial charge < -0.3 is 9.47 Å². The van der Waals surface area contributed by atoms with Crippen molar-refractivity contribution in [1.82, 2.24) is 19.7 Å². The van der Waals surface area contributed by atoms with Gasteiger partial charge in [-0.1, -0.05) is 28.9 Å². The predicted octanol–water partition coefficient (Wildman–Crippen LogP) is 1.98. The Bertz CT molecular complexity index is 1180. The fourth-order valence-electron chi connectivity index (χ4n) is 3.21. The van der Waals surface area contributed by atoms with E-state index in [0.29, 0.717) is 28.3 Å². The fraction of sp³-hybridized carbons (Fsp3) is 0.316. The Morgan fingerprint density at radius 1 is 1.27 bits per heavy atom. The topological polar surface area (TPSA) is 112 Å². The molecule has 3 rings (SSSR count).